The van der Waals surface area contributed by atoms with Crippen molar-refractivity contribution in [1.29, 1.82) is 0 Å². The summed E-state index contributed by atoms with van der Waals surface area (Å²) < 4.78 is 11.6. The number of ether oxygens (including phenoxy) is 1. The number of oxazole rings is 1. The van der Waals surface area contributed by atoms with Crippen molar-refractivity contribution in [3.63, 3.8) is 0 Å². The number of nitrogens with zero attached hydrogens (tertiary/aromatic N) is 1. The van der Waals surface area contributed by atoms with Gasteiger partial charge in [-0.2, -0.15) is 0 Å². The van der Waals surface area contributed by atoms with E-state index in [1.54, 1.807) is 7.11 Å². The Morgan fingerprint density at radius 2 is 2.26 bits per heavy atom. The van der Waals surface area contributed by atoms with Crippen molar-refractivity contribution in [2.24, 2.45) is 0 Å². The first kappa shape index (κ1) is 14.2. The molecule has 0 bridgehead atoms. The largest absolute Gasteiger partial charge is 0.443 e. The second-order valence-electron chi connectivity index (χ2n) is 4.26. The van der Waals surface area contributed by atoms with Crippen LogP contribution in [0.3, 0.4) is 0 Å². The standard InChI is InChI=1S/C14H17BrN2O2/c1-10-3-4-11(7-12(10)15)14-13(17-9-19-14)8-16-5-6-18-2/h3-4,7,9,16H,5-6,8H2,1-2H3. The summed E-state index contributed by atoms with van der Waals surface area (Å²) in [5, 5.41) is 3.27. The van der Waals surface area contributed by atoms with Gasteiger partial charge >= 0.3 is 0 Å². The van der Waals surface area contributed by atoms with E-state index in [9.17, 15) is 0 Å². The van der Waals surface area contributed by atoms with Gasteiger partial charge in [-0.05, 0) is 18.6 Å². The average Bonchev–Trinajstić information content (AvgIpc) is 2.86. The molecule has 0 saturated carbocycles. The number of aromatic nitrogens is 1. The molecular weight excluding hydrogens is 308 g/mol. The van der Waals surface area contributed by atoms with Crippen LogP contribution >= 0.6 is 15.9 Å². The Morgan fingerprint density at radius 1 is 1.42 bits per heavy atom. The number of rotatable bonds is 6. The summed E-state index contributed by atoms with van der Waals surface area (Å²) in [5.41, 5.74) is 3.13. The van der Waals surface area contributed by atoms with Crippen LogP contribution in [0, 0.1) is 6.92 Å². The van der Waals surface area contributed by atoms with E-state index in [1.807, 2.05) is 6.07 Å². The zero-order valence-electron chi connectivity index (χ0n) is 11.1. The summed E-state index contributed by atoms with van der Waals surface area (Å²) in [6, 6.07) is 6.15. The van der Waals surface area contributed by atoms with Crippen LogP contribution in [0.15, 0.2) is 33.5 Å². The fraction of sp³-hybridized carbons (Fsp3) is 0.357. The van der Waals surface area contributed by atoms with E-state index in [4.69, 9.17) is 9.15 Å². The minimum Gasteiger partial charge on any atom is -0.443 e. The van der Waals surface area contributed by atoms with Crippen LogP contribution in [0.5, 0.6) is 0 Å². The molecule has 0 saturated heterocycles. The molecule has 2 rings (SSSR count). The topological polar surface area (TPSA) is 47.3 Å². The molecule has 2 aromatic rings. The first-order valence-corrected chi connectivity index (χ1v) is 6.90. The molecule has 0 amide bonds. The van der Waals surface area contributed by atoms with Gasteiger partial charge in [0.05, 0.1) is 6.61 Å². The molecule has 0 aliphatic rings. The van der Waals surface area contributed by atoms with Gasteiger partial charge in [0, 0.05) is 30.2 Å². The lowest BCUT2D eigenvalue weighted by atomic mass is 10.1. The zero-order valence-corrected chi connectivity index (χ0v) is 12.7. The quantitative estimate of drug-likeness (QED) is 0.829. The summed E-state index contributed by atoms with van der Waals surface area (Å²) in [5.74, 6) is 0.811. The van der Waals surface area contributed by atoms with Gasteiger partial charge in [0.25, 0.3) is 0 Å². The van der Waals surface area contributed by atoms with Gasteiger partial charge in [0.1, 0.15) is 5.69 Å². The SMILES string of the molecule is COCCNCc1ncoc1-c1ccc(C)c(Br)c1. The minimum absolute atomic E-state index is 0.667. The Hall–Kier alpha value is -1.17. The number of methoxy groups -OCH3 is 1. The fourth-order valence-electron chi connectivity index (χ4n) is 1.75. The molecule has 0 fully saturated rings. The number of benzene rings is 1. The van der Waals surface area contributed by atoms with E-state index in [1.165, 1.54) is 12.0 Å². The van der Waals surface area contributed by atoms with Gasteiger partial charge in [-0.15, -0.1) is 0 Å². The smallest absolute Gasteiger partial charge is 0.181 e. The highest BCUT2D eigenvalue weighted by atomic mass is 79.9. The lowest BCUT2D eigenvalue weighted by molar-refractivity contribution is 0.199. The molecule has 0 spiro atoms. The lowest BCUT2D eigenvalue weighted by Crippen LogP contribution is -2.19. The zero-order chi connectivity index (χ0) is 13.7. The average molecular weight is 325 g/mol. The van der Waals surface area contributed by atoms with E-state index in [-0.39, 0.29) is 0 Å². The van der Waals surface area contributed by atoms with Crippen molar-refractivity contribution in [2.75, 3.05) is 20.3 Å². The third kappa shape index (κ3) is 3.65. The molecule has 0 aliphatic carbocycles. The summed E-state index contributed by atoms with van der Waals surface area (Å²) in [6.07, 6.45) is 1.48. The molecule has 0 atom stereocenters. The minimum atomic E-state index is 0.667. The molecule has 102 valence electrons. The van der Waals surface area contributed by atoms with E-state index in [2.05, 4.69) is 45.3 Å². The maximum Gasteiger partial charge on any atom is 0.181 e. The van der Waals surface area contributed by atoms with Gasteiger partial charge in [-0.25, -0.2) is 4.98 Å². The van der Waals surface area contributed by atoms with Gasteiger partial charge in [-0.3, -0.25) is 0 Å². The van der Waals surface area contributed by atoms with Crippen LogP contribution in [-0.2, 0) is 11.3 Å². The second-order valence-corrected chi connectivity index (χ2v) is 5.12. The molecule has 19 heavy (non-hydrogen) atoms. The van der Waals surface area contributed by atoms with Crippen LogP contribution in [0.4, 0.5) is 0 Å². The number of halogens is 1. The van der Waals surface area contributed by atoms with Gasteiger partial charge < -0.3 is 14.5 Å². The van der Waals surface area contributed by atoms with Crippen LogP contribution in [0.2, 0.25) is 0 Å². The molecule has 0 aliphatic heterocycles. The first-order valence-electron chi connectivity index (χ1n) is 6.11. The molecule has 0 unspecified atom stereocenters. The lowest BCUT2D eigenvalue weighted by Gasteiger charge is -2.05. The number of aryl methyl sites for hydroxylation is 1. The predicted octanol–water partition coefficient (Wildman–Crippen LogP) is 3.15. The highest BCUT2D eigenvalue weighted by Crippen LogP contribution is 2.27. The maximum absolute atomic E-state index is 5.50. The van der Waals surface area contributed by atoms with Crippen molar-refractivity contribution in [2.45, 2.75) is 13.5 Å². The van der Waals surface area contributed by atoms with Crippen LogP contribution in [0.25, 0.3) is 11.3 Å². The third-order valence-corrected chi connectivity index (χ3v) is 3.70. The summed E-state index contributed by atoms with van der Waals surface area (Å²) >= 11 is 3.54. The van der Waals surface area contributed by atoms with Gasteiger partial charge in [-0.1, -0.05) is 28.1 Å². The molecular formula is C14H17BrN2O2. The second kappa shape index (κ2) is 6.84. The highest BCUT2D eigenvalue weighted by Gasteiger charge is 2.11. The normalized spacial score (nSPS) is 10.9. The third-order valence-electron chi connectivity index (χ3n) is 2.85. The monoisotopic (exact) mass is 324 g/mol. The van der Waals surface area contributed by atoms with E-state index >= 15 is 0 Å². The molecule has 1 aromatic carbocycles. The Labute approximate surface area is 121 Å². The van der Waals surface area contributed by atoms with Gasteiger partial charge in [0.15, 0.2) is 12.2 Å². The Morgan fingerprint density at radius 3 is 3.00 bits per heavy atom. The van der Waals surface area contributed by atoms with Crippen LogP contribution in [0.1, 0.15) is 11.3 Å². The van der Waals surface area contributed by atoms with Crippen molar-refractivity contribution >= 4 is 15.9 Å². The van der Waals surface area contributed by atoms with E-state index < -0.39 is 0 Å². The Kier molecular flexibility index (Phi) is 5.13. The number of hydrogen-bond acceptors (Lipinski definition) is 4. The van der Waals surface area contributed by atoms with Crippen molar-refractivity contribution in [3.05, 3.63) is 40.3 Å². The van der Waals surface area contributed by atoms with Crippen LogP contribution < -0.4 is 5.32 Å². The van der Waals surface area contributed by atoms with E-state index in [0.29, 0.717) is 13.2 Å². The van der Waals surface area contributed by atoms with Crippen molar-refractivity contribution in [1.82, 2.24) is 10.3 Å². The Bertz CT molecular complexity index is 540. The molecule has 0 radical (unpaired) electrons. The Balaban J connectivity index is 2.12. The fourth-order valence-corrected chi connectivity index (χ4v) is 2.12. The van der Waals surface area contributed by atoms with Gasteiger partial charge in [0.2, 0.25) is 0 Å². The summed E-state index contributed by atoms with van der Waals surface area (Å²) in [7, 11) is 1.69. The summed E-state index contributed by atoms with van der Waals surface area (Å²) in [6.45, 7) is 4.20. The molecule has 5 heteroatoms. The van der Waals surface area contributed by atoms with Crippen molar-refractivity contribution in [3.8, 4) is 11.3 Å². The first-order chi connectivity index (χ1) is 9.22. The molecule has 1 heterocycles. The molecule has 1 N–H and O–H groups in total. The molecule has 1 aromatic heterocycles. The highest BCUT2D eigenvalue weighted by molar-refractivity contribution is 9.10. The van der Waals surface area contributed by atoms with Crippen LogP contribution in [-0.4, -0.2) is 25.2 Å². The maximum atomic E-state index is 5.50. The molecule has 4 nitrogen and oxygen atoms in total. The predicted molar refractivity (Wildman–Crippen MR) is 78.0 cm³/mol. The van der Waals surface area contributed by atoms with E-state index in [0.717, 1.165) is 28.0 Å². The number of hydrogen-bond donors (Lipinski definition) is 1. The summed E-state index contributed by atoms with van der Waals surface area (Å²) in [4.78, 5) is 4.26. The van der Waals surface area contributed by atoms with Crippen molar-refractivity contribution < 1.29 is 9.15 Å². The number of nitrogens with one attached hydrogen (secondary N) is 1.